The molecule has 1 aromatic heterocycles. The maximum Gasteiger partial charge on any atom is 0.251 e. The number of rotatable bonds is 7. The number of aromatic nitrogens is 1. The van der Waals surface area contributed by atoms with Gasteiger partial charge in [-0.3, -0.25) is 9.69 Å². The van der Waals surface area contributed by atoms with E-state index in [-0.39, 0.29) is 12.5 Å². The Bertz CT molecular complexity index is 780. The van der Waals surface area contributed by atoms with Crippen molar-refractivity contribution >= 4 is 17.7 Å². The molecular weight excluding hydrogens is 332 g/mol. The van der Waals surface area contributed by atoms with E-state index < -0.39 is 5.97 Å². The second-order valence-corrected chi connectivity index (χ2v) is 6.21. The van der Waals surface area contributed by atoms with Gasteiger partial charge in [-0.15, -0.1) is 0 Å². The van der Waals surface area contributed by atoms with Gasteiger partial charge in [-0.05, 0) is 41.8 Å². The Hall–Kier alpha value is -2.93. The minimum atomic E-state index is -1.07. The number of hydrogen-bond donors (Lipinski definition) is 2. The van der Waals surface area contributed by atoms with Gasteiger partial charge < -0.3 is 20.5 Å². The van der Waals surface area contributed by atoms with Crippen LogP contribution in [0.25, 0.3) is 0 Å². The third kappa shape index (κ3) is 4.80. The molecule has 7 heteroatoms. The Labute approximate surface area is 152 Å². The predicted octanol–water partition coefficient (Wildman–Crippen LogP) is 0.0315. The molecule has 0 saturated carbocycles. The lowest BCUT2D eigenvalue weighted by Crippen LogP contribution is -2.40. The average Bonchev–Trinajstić information content (AvgIpc) is 2.65. The summed E-state index contributed by atoms with van der Waals surface area (Å²) in [6, 6.07) is 11.2. The first-order valence-electron chi connectivity index (χ1n) is 8.59. The number of carboxylic acid groups (broad SMARTS) is 1. The summed E-state index contributed by atoms with van der Waals surface area (Å²) in [6.45, 7) is 2.24. The molecule has 3 rings (SSSR count). The van der Waals surface area contributed by atoms with Crippen molar-refractivity contribution in [1.29, 1.82) is 0 Å². The third-order valence-corrected chi connectivity index (χ3v) is 4.29. The summed E-state index contributed by atoms with van der Waals surface area (Å²) in [5.41, 5.74) is 2.78. The third-order valence-electron chi connectivity index (χ3n) is 4.29. The molecule has 0 fully saturated rings. The van der Waals surface area contributed by atoms with E-state index in [1.807, 2.05) is 35.2 Å². The number of carbonyl (C=O) groups is 2. The summed E-state index contributed by atoms with van der Waals surface area (Å²) in [5.74, 6) is -0.409. The van der Waals surface area contributed by atoms with Crippen molar-refractivity contribution in [2.24, 2.45) is 0 Å². The van der Waals surface area contributed by atoms with Gasteiger partial charge in [0.1, 0.15) is 5.82 Å². The minimum Gasteiger partial charge on any atom is -0.549 e. The highest BCUT2D eigenvalue weighted by Gasteiger charge is 2.17. The van der Waals surface area contributed by atoms with E-state index in [1.54, 1.807) is 12.3 Å². The molecule has 0 radical (unpaired) electrons. The Morgan fingerprint density at radius 2 is 2.04 bits per heavy atom. The molecule has 1 aliphatic heterocycles. The van der Waals surface area contributed by atoms with E-state index >= 15 is 0 Å². The van der Waals surface area contributed by atoms with E-state index in [1.165, 1.54) is 0 Å². The van der Waals surface area contributed by atoms with Gasteiger partial charge in [-0.2, -0.15) is 0 Å². The highest BCUT2D eigenvalue weighted by Crippen LogP contribution is 2.20. The Balaban J connectivity index is 1.50. The molecule has 2 aromatic rings. The number of hydrogen-bond acceptors (Lipinski definition) is 6. The van der Waals surface area contributed by atoms with Crippen molar-refractivity contribution in [3.05, 3.63) is 59.3 Å². The summed E-state index contributed by atoms with van der Waals surface area (Å²) in [5, 5.41) is 16.7. The number of aliphatic carboxylic acids is 1. The van der Waals surface area contributed by atoms with Crippen LogP contribution < -0.4 is 15.7 Å². The van der Waals surface area contributed by atoms with E-state index in [0.717, 1.165) is 23.4 Å². The van der Waals surface area contributed by atoms with Crippen LogP contribution in [0.15, 0.2) is 42.6 Å². The molecule has 2 N–H and O–H groups in total. The number of nitrogens with one attached hydrogen (secondary N) is 2. The van der Waals surface area contributed by atoms with Crippen LogP contribution in [0.1, 0.15) is 21.5 Å². The zero-order chi connectivity index (χ0) is 18.4. The fraction of sp³-hybridized carbons (Fsp3) is 0.316. The minimum absolute atomic E-state index is 0.0645. The molecule has 1 aromatic carbocycles. The van der Waals surface area contributed by atoms with Gasteiger partial charge in [0.2, 0.25) is 0 Å². The lowest BCUT2D eigenvalue weighted by molar-refractivity contribution is -0.306. The Morgan fingerprint density at radius 3 is 2.81 bits per heavy atom. The maximum atomic E-state index is 12.3. The fourth-order valence-corrected chi connectivity index (χ4v) is 3.01. The zero-order valence-electron chi connectivity index (χ0n) is 14.4. The Kier molecular flexibility index (Phi) is 5.80. The van der Waals surface area contributed by atoms with Crippen LogP contribution in [0.3, 0.4) is 0 Å². The van der Waals surface area contributed by atoms with Crippen molar-refractivity contribution in [2.45, 2.75) is 13.0 Å². The molecule has 0 spiro atoms. The number of pyridine rings is 1. The smallest absolute Gasteiger partial charge is 0.251 e. The number of nitrogens with zero attached hydrogens (tertiary/aromatic N) is 2. The number of fused-ring (bicyclic) bond motifs is 1. The van der Waals surface area contributed by atoms with Gasteiger partial charge in [-0.1, -0.05) is 12.1 Å². The molecule has 7 nitrogen and oxygen atoms in total. The number of amides is 1. The van der Waals surface area contributed by atoms with E-state index in [4.69, 9.17) is 0 Å². The monoisotopic (exact) mass is 353 g/mol. The fourth-order valence-electron chi connectivity index (χ4n) is 3.01. The van der Waals surface area contributed by atoms with Crippen molar-refractivity contribution in [3.63, 3.8) is 0 Å². The lowest BCUT2D eigenvalue weighted by Gasteiger charge is -2.29. The molecule has 1 aliphatic rings. The zero-order valence-corrected chi connectivity index (χ0v) is 14.4. The number of benzene rings is 1. The van der Waals surface area contributed by atoms with Gasteiger partial charge in [0, 0.05) is 44.5 Å². The van der Waals surface area contributed by atoms with Gasteiger partial charge in [-0.25, -0.2) is 4.98 Å². The molecule has 0 saturated heterocycles. The summed E-state index contributed by atoms with van der Waals surface area (Å²) >= 11 is 0. The standard InChI is InChI=1S/C19H22N4O3/c24-18(25)13-23-10-6-14-11-15(4-5-16(14)12-23)19(26)22-9-8-21-17-3-1-2-7-20-17/h1-5,7,11H,6,8-10,12-13H2,(H,20,21)(H,22,26)(H,24,25)/p-1. The van der Waals surface area contributed by atoms with Gasteiger partial charge in [0.15, 0.2) is 0 Å². The maximum absolute atomic E-state index is 12.3. The van der Waals surface area contributed by atoms with Crippen LogP contribution in [0.4, 0.5) is 5.82 Å². The van der Waals surface area contributed by atoms with Crippen LogP contribution in [0, 0.1) is 0 Å². The molecule has 0 unspecified atom stereocenters. The first-order chi connectivity index (χ1) is 12.6. The average molecular weight is 353 g/mol. The molecule has 136 valence electrons. The summed E-state index contributed by atoms with van der Waals surface area (Å²) in [7, 11) is 0. The van der Waals surface area contributed by atoms with Crippen LogP contribution in [0.5, 0.6) is 0 Å². The normalized spacial score (nSPS) is 13.7. The Morgan fingerprint density at radius 1 is 1.15 bits per heavy atom. The second kappa shape index (κ2) is 8.44. The van der Waals surface area contributed by atoms with Crippen molar-refractivity contribution in [2.75, 3.05) is 31.5 Å². The topological polar surface area (TPSA) is 97.4 Å². The summed E-state index contributed by atoms with van der Waals surface area (Å²) in [4.78, 5) is 29.0. The van der Waals surface area contributed by atoms with Crippen LogP contribution in [0.2, 0.25) is 0 Å². The molecule has 26 heavy (non-hydrogen) atoms. The highest BCUT2D eigenvalue weighted by atomic mass is 16.4. The summed E-state index contributed by atoms with van der Waals surface area (Å²) in [6.07, 6.45) is 2.44. The van der Waals surface area contributed by atoms with E-state index in [9.17, 15) is 14.7 Å². The van der Waals surface area contributed by atoms with Gasteiger partial charge >= 0.3 is 0 Å². The number of carboxylic acids is 1. The van der Waals surface area contributed by atoms with Crippen molar-refractivity contribution in [3.8, 4) is 0 Å². The summed E-state index contributed by atoms with van der Waals surface area (Å²) < 4.78 is 0. The van der Waals surface area contributed by atoms with Gasteiger partial charge in [0.05, 0.1) is 5.97 Å². The predicted molar refractivity (Wildman–Crippen MR) is 95.5 cm³/mol. The molecule has 1 amide bonds. The SMILES string of the molecule is O=C([O-])CN1CCc2cc(C(=O)NCCNc3ccccn3)ccc2C1. The van der Waals surface area contributed by atoms with Gasteiger partial charge in [0.25, 0.3) is 5.91 Å². The van der Waals surface area contributed by atoms with E-state index in [0.29, 0.717) is 31.7 Å². The molecule has 0 aliphatic carbocycles. The van der Waals surface area contributed by atoms with Crippen LogP contribution in [-0.4, -0.2) is 47.9 Å². The quantitative estimate of drug-likeness (QED) is 0.682. The van der Waals surface area contributed by atoms with Crippen molar-refractivity contribution in [1.82, 2.24) is 15.2 Å². The number of anilines is 1. The molecular formula is C19H21N4O3-. The second-order valence-electron chi connectivity index (χ2n) is 6.21. The highest BCUT2D eigenvalue weighted by molar-refractivity contribution is 5.94. The molecule has 0 atom stereocenters. The van der Waals surface area contributed by atoms with Crippen molar-refractivity contribution < 1.29 is 14.7 Å². The molecule has 0 bridgehead atoms. The first kappa shape index (κ1) is 17.9. The largest absolute Gasteiger partial charge is 0.549 e. The van der Waals surface area contributed by atoms with Crippen LogP contribution in [-0.2, 0) is 17.8 Å². The van der Waals surface area contributed by atoms with Crippen LogP contribution >= 0.6 is 0 Å². The number of carbonyl (C=O) groups excluding carboxylic acids is 2. The molecule has 2 heterocycles. The lowest BCUT2D eigenvalue weighted by atomic mass is 9.97. The first-order valence-corrected chi connectivity index (χ1v) is 8.59. The van der Waals surface area contributed by atoms with E-state index in [2.05, 4.69) is 15.6 Å².